The Kier molecular flexibility index (Phi) is 6.09. The summed E-state index contributed by atoms with van der Waals surface area (Å²) in [4.78, 5) is 12.3. The molecule has 0 heterocycles. The van der Waals surface area contributed by atoms with Gasteiger partial charge in [0.15, 0.2) is 5.78 Å². The number of phenolic OH excluding ortho intramolecular Hbond substituents is 1. The highest BCUT2D eigenvalue weighted by Crippen LogP contribution is 2.20. The first-order chi connectivity index (χ1) is 11.1. The van der Waals surface area contributed by atoms with Crippen LogP contribution in [0.25, 0.3) is 6.08 Å². The van der Waals surface area contributed by atoms with E-state index in [4.69, 9.17) is 9.47 Å². The lowest BCUT2D eigenvalue weighted by atomic mass is 10.0. The smallest absolute Gasteiger partial charge is 0.189 e. The molecule has 0 unspecified atom stereocenters. The average molecular weight is 312 g/mol. The number of aromatic hydroxyl groups is 1. The number of rotatable bonds is 7. The van der Waals surface area contributed by atoms with Crippen LogP contribution in [0.2, 0.25) is 0 Å². The predicted molar refractivity (Wildman–Crippen MR) is 89.3 cm³/mol. The SMILES string of the molecule is COCc1ccc(/C=C/C(=O)c2cc(COC)ccc2O)cc1. The zero-order valence-corrected chi connectivity index (χ0v) is 13.3. The summed E-state index contributed by atoms with van der Waals surface area (Å²) in [5, 5.41) is 9.86. The lowest BCUT2D eigenvalue weighted by Gasteiger charge is -2.05. The molecule has 0 atom stereocenters. The minimum Gasteiger partial charge on any atom is -0.507 e. The van der Waals surface area contributed by atoms with Crippen LogP contribution < -0.4 is 0 Å². The molecule has 0 saturated heterocycles. The molecule has 0 aliphatic rings. The molecule has 0 aromatic heterocycles. The van der Waals surface area contributed by atoms with Gasteiger partial charge in [-0.3, -0.25) is 4.79 Å². The van der Waals surface area contributed by atoms with E-state index in [-0.39, 0.29) is 17.1 Å². The van der Waals surface area contributed by atoms with E-state index in [0.29, 0.717) is 13.2 Å². The normalized spacial score (nSPS) is 11.0. The maximum absolute atomic E-state index is 12.3. The standard InChI is InChI=1S/C19H20O4/c1-22-12-15-5-3-14(4-6-15)7-9-18(20)17-11-16(13-23-2)8-10-19(17)21/h3-11,21H,12-13H2,1-2H3/b9-7+. The first-order valence-corrected chi connectivity index (χ1v) is 7.25. The predicted octanol–water partition coefficient (Wildman–Crippen LogP) is 3.58. The molecular weight excluding hydrogens is 292 g/mol. The number of methoxy groups -OCH3 is 2. The van der Waals surface area contributed by atoms with Gasteiger partial charge in [-0.05, 0) is 34.9 Å². The topological polar surface area (TPSA) is 55.8 Å². The molecule has 0 aliphatic carbocycles. The average Bonchev–Trinajstić information content (AvgIpc) is 2.56. The van der Waals surface area contributed by atoms with Crippen molar-refractivity contribution in [1.82, 2.24) is 0 Å². The van der Waals surface area contributed by atoms with Crippen molar-refractivity contribution in [1.29, 1.82) is 0 Å². The van der Waals surface area contributed by atoms with Gasteiger partial charge in [-0.15, -0.1) is 0 Å². The molecule has 1 N–H and O–H groups in total. The highest BCUT2D eigenvalue weighted by molar-refractivity contribution is 6.08. The van der Waals surface area contributed by atoms with Gasteiger partial charge < -0.3 is 14.6 Å². The Morgan fingerprint density at radius 3 is 2.26 bits per heavy atom. The molecule has 0 saturated carbocycles. The molecule has 4 nitrogen and oxygen atoms in total. The van der Waals surface area contributed by atoms with Crippen LogP contribution >= 0.6 is 0 Å². The second-order valence-electron chi connectivity index (χ2n) is 5.16. The van der Waals surface area contributed by atoms with Gasteiger partial charge >= 0.3 is 0 Å². The van der Waals surface area contributed by atoms with E-state index in [1.54, 1.807) is 32.4 Å². The fourth-order valence-electron chi connectivity index (χ4n) is 2.19. The molecule has 0 bridgehead atoms. The monoisotopic (exact) mass is 312 g/mol. The molecule has 0 amide bonds. The number of hydrogen-bond donors (Lipinski definition) is 1. The first-order valence-electron chi connectivity index (χ1n) is 7.25. The third-order valence-electron chi connectivity index (χ3n) is 3.36. The molecular formula is C19H20O4. The minimum absolute atomic E-state index is 0.0325. The van der Waals surface area contributed by atoms with Gasteiger partial charge in [0.1, 0.15) is 5.75 Å². The molecule has 23 heavy (non-hydrogen) atoms. The van der Waals surface area contributed by atoms with Gasteiger partial charge in [0.05, 0.1) is 18.8 Å². The Labute approximate surface area is 136 Å². The van der Waals surface area contributed by atoms with Crippen LogP contribution in [0.4, 0.5) is 0 Å². The van der Waals surface area contributed by atoms with Crippen LogP contribution in [0.15, 0.2) is 48.5 Å². The van der Waals surface area contributed by atoms with E-state index in [9.17, 15) is 9.90 Å². The number of benzene rings is 2. The number of phenols is 1. The fraction of sp³-hybridized carbons (Fsp3) is 0.211. The van der Waals surface area contributed by atoms with Crippen molar-refractivity contribution >= 4 is 11.9 Å². The minimum atomic E-state index is -0.249. The Hall–Kier alpha value is -2.43. The van der Waals surface area contributed by atoms with Crippen LogP contribution in [0, 0.1) is 0 Å². The zero-order valence-electron chi connectivity index (χ0n) is 13.3. The molecule has 0 radical (unpaired) electrons. The molecule has 0 fully saturated rings. The first kappa shape index (κ1) is 16.9. The third kappa shape index (κ3) is 4.77. The number of ether oxygens (including phenoxy) is 2. The van der Waals surface area contributed by atoms with Crippen molar-refractivity contribution in [2.75, 3.05) is 14.2 Å². The molecule has 2 aromatic rings. The fourth-order valence-corrected chi connectivity index (χ4v) is 2.19. The summed E-state index contributed by atoms with van der Waals surface area (Å²) in [6.07, 6.45) is 3.18. The van der Waals surface area contributed by atoms with E-state index in [0.717, 1.165) is 16.7 Å². The zero-order chi connectivity index (χ0) is 16.7. The molecule has 2 aromatic carbocycles. The largest absolute Gasteiger partial charge is 0.507 e. The van der Waals surface area contributed by atoms with E-state index < -0.39 is 0 Å². The molecule has 2 rings (SSSR count). The number of hydrogen-bond acceptors (Lipinski definition) is 4. The van der Waals surface area contributed by atoms with Crippen LogP contribution in [-0.2, 0) is 22.7 Å². The second kappa shape index (κ2) is 8.27. The summed E-state index contributed by atoms with van der Waals surface area (Å²) < 4.78 is 10.1. The summed E-state index contributed by atoms with van der Waals surface area (Å²) in [5.41, 5.74) is 3.09. The third-order valence-corrected chi connectivity index (χ3v) is 3.36. The maximum atomic E-state index is 12.3. The van der Waals surface area contributed by atoms with E-state index in [2.05, 4.69) is 0 Å². The van der Waals surface area contributed by atoms with Gasteiger partial charge in [0, 0.05) is 14.2 Å². The quantitative estimate of drug-likeness (QED) is 0.627. The van der Waals surface area contributed by atoms with Crippen molar-refractivity contribution in [3.63, 3.8) is 0 Å². The van der Waals surface area contributed by atoms with E-state index in [1.807, 2.05) is 24.3 Å². The summed E-state index contributed by atoms with van der Waals surface area (Å²) in [7, 11) is 3.23. The summed E-state index contributed by atoms with van der Waals surface area (Å²) in [6, 6.07) is 12.6. The second-order valence-corrected chi connectivity index (χ2v) is 5.16. The van der Waals surface area contributed by atoms with Crippen molar-refractivity contribution in [2.45, 2.75) is 13.2 Å². The van der Waals surface area contributed by atoms with Crippen LogP contribution in [0.3, 0.4) is 0 Å². The Morgan fingerprint density at radius 1 is 1.00 bits per heavy atom. The number of carbonyl (C=O) groups is 1. The van der Waals surface area contributed by atoms with Crippen molar-refractivity contribution in [3.8, 4) is 5.75 Å². The van der Waals surface area contributed by atoms with Crippen molar-refractivity contribution in [2.24, 2.45) is 0 Å². The summed E-state index contributed by atoms with van der Waals surface area (Å²) in [6.45, 7) is 0.953. The van der Waals surface area contributed by atoms with Crippen molar-refractivity contribution in [3.05, 3.63) is 70.8 Å². The van der Waals surface area contributed by atoms with Gasteiger partial charge in [-0.2, -0.15) is 0 Å². The van der Waals surface area contributed by atoms with Gasteiger partial charge in [0.2, 0.25) is 0 Å². The van der Waals surface area contributed by atoms with Gasteiger partial charge in [0.25, 0.3) is 0 Å². The highest BCUT2D eigenvalue weighted by atomic mass is 16.5. The van der Waals surface area contributed by atoms with E-state index >= 15 is 0 Å². The van der Waals surface area contributed by atoms with Gasteiger partial charge in [-0.25, -0.2) is 0 Å². The molecule has 120 valence electrons. The molecule has 4 heteroatoms. The Bertz CT molecular complexity index is 687. The van der Waals surface area contributed by atoms with Crippen LogP contribution in [0.1, 0.15) is 27.0 Å². The van der Waals surface area contributed by atoms with Crippen molar-refractivity contribution < 1.29 is 19.4 Å². The maximum Gasteiger partial charge on any atom is 0.189 e. The number of carbonyl (C=O) groups excluding carboxylic acids is 1. The van der Waals surface area contributed by atoms with Gasteiger partial charge in [-0.1, -0.05) is 36.4 Å². The lowest BCUT2D eigenvalue weighted by Crippen LogP contribution is -1.98. The Morgan fingerprint density at radius 2 is 1.61 bits per heavy atom. The van der Waals surface area contributed by atoms with E-state index in [1.165, 1.54) is 12.1 Å². The van der Waals surface area contributed by atoms with Crippen LogP contribution in [0.5, 0.6) is 5.75 Å². The highest BCUT2D eigenvalue weighted by Gasteiger charge is 2.09. The summed E-state index contributed by atoms with van der Waals surface area (Å²) in [5.74, 6) is -0.281. The Balaban J connectivity index is 2.13. The van der Waals surface area contributed by atoms with Crippen LogP contribution in [-0.4, -0.2) is 25.1 Å². The lowest BCUT2D eigenvalue weighted by molar-refractivity contribution is 0.104. The summed E-state index contributed by atoms with van der Waals surface area (Å²) >= 11 is 0. The number of ketones is 1. The molecule has 0 spiro atoms. The number of allylic oxidation sites excluding steroid dienone is 1. The molecule has 0 aliphatic heterocycles.